The molecule has 1 aliphatic rings. The topological polar surface area (TPSA) is 79.5 Å². The Morgan fingerprint density at radius 1 is 1.36 bits per heavy atom. The van der Waals surface area contributed by atoms with Crippen molar-refractivity contribution in [3.05, 3.63) is 35.9 Å². The fraction of sp³-hybridized carbons (Fsp3) is 0.400. The summed E-state index contributed by atoms with van der Waals surface area (Å²) in [6.45, 7) is 2.79. The smallest absolute Gasteiger partial charge is 0.295 e. The van der Waals surface area contributed by atoms with Gasteiger partial charge in [0.1, 0.15) is 5.82 Å². The summed E-state index contributed by atoms with van der Waals surface area (Å²) < 4.78 is 18.0. The summed E-state index contributed by atoms with van der Waals surface area (Å²) in [5.41, 5.74) is 0.542. The van der Waals surface area contributed by atoms with E-state index in [1.54, 1.807) is 0 Å². The van der Waals surface area contributed by atoms with E-state index in [1.165, 1.54) is 29.2 Å². The minimum absolute atomic E-state index is 0.0550. The summed E-state index contributed by atoms with van der Waals surface area (Å²) >= 11 is 0. The molecule has 1 amide bonds. The third-order valence-electron chi connectivity index (χ3n) is 3.63. The van der Waals surface area contributed by atoms with Crippen LogP contribution in [-0.4, -0.2) is 45.2 Å². The van der Waals surface area contributed by atoms with Gasteiger partial charge in [0.2, 0.25) is 0 Å². The molecule has 0 spiro atoms. The van der Waals surface area contributed by atoms with Crippen LogP contribution < -0.4 is 0 Å². The van der Waals surface area contributed by atoms with Crippen LogP contribution in [-0.2, 0) is 0 Å². The minimum atomic E-state index is -0.531. The number of aromatic nitrogens is 2. The summed E-state index contributed by atoms with van der Waals surface area (Å²) in [5, 5.41) is 13.4. The zero-order chi connectivity index (χ0) is 15.7. The Labute approximate surface area is 126 Å². The molecule has 0 bridgehead atoms. The van der Waals surface area contributed by atoms with Crippen LogP contribution in [0.15, 0.2) is 28.8 Å². The molecule has 1 saturated heterocycles. The lowest BCUT2D eigenvalue weighted by Gasteiger charge is -2.33. The molecule has 1 aromatic carbocycles. The lowest BCUT2D eigenvalue weighted by Crippen LogP contribution is -2.45. The number of rotatable bonds is 2. The molecule has 0 aliphatic carbocycles. The highest BCUT2D eigenvalue weighted by atomic mass is 19.1. The Bertz CT molecular complexity index is 661. The largest absolute Gasteiger partial charge is 0.391 e. The molecule has 22 heavy (non-hydrogen) atoms. The molecular weight excluding hydrogens is 289 g/mol. The van der Waals surface area contributed by atoms with E-state index < -0.39 is 6.10 Å². The van der Waals surface area contributed by atoms with Crippen molar-refractivity contribution in [3.63, 3.8) is 0 Å². The van der Waals surface area contributed by atoms with Gasteiger partial charge in [0, 0.05) is 18.7 Å². The maximum absolute atomic E-state index is 12.9. The van der Waals surface area contributed by atoms with E-state index in [1.807, 2.05) is 6.92 Å². The predicted molar refractivity (Wildman–Crippen MR) is 75.4 cm³/mol. The standard InChI is InChI=1S/C15H16FN3O3/c1-9-6-12(20)8-19(7-9)15(21)13-17-14(22-18-13)10-2-4-11(16)5-3-10/h2-5,9,12,20H,6-8H2,1H3/t9-,12+/m1/s1. The van der Waals surface area contributed by atoms with Crippen LogP contribution >= 0.6 is 0 Å². The van der Waals surface area contributed by atoms with Gasteiger partial charge in [0.05, 0.1) is 6.10 Å². The van der Waals surface area contributed by atoms with Crippen LogP contribution in [0.1, 0.15) is 24.0 Å². The molecule has 0 radical (unpaired) electrons. The number of hydrogen-bond donors (Lipinski definition) is 1. The van der Waals surface area contributed by atoms with Gasteiger partial charge in [0.15, 0.2) is 0 Å². The molecule has 116 valence electrons. The number of piperidine rings is 1. The Morgan fingerprint density at radius 2 is 2.09 bits per heavy atom. The van der Waals surface area contributed by atoms with Gasteiger partial charge in [0.25, 0.3) is 17.6 Å². The van der Waals surface area contributed by atoms with Crippen molar-refractivity contribution in [2.75, 3.05) is 13.1 Å². The van der Waals surface area contributed by atoms with E-state index in [9.17, 15) is 14.3 Å². The van der Waals surface area contributed by atoms with Crippen LogP contribution in [0.5, 0.6) is 0 Å². The summed E-state index contributed by atoms with van der Waals surface area (Å²) in [6.07, 6.45) is 0.146. The van der Waals surface area contributed by atoms with Crippen LogP contribution in [0.25, 0.3) is 11.5 Å². The van der Waals surface area contributed by atoms with Crippen molar-refractivity contribution in [3.8, 4) is 11.5 Å². The molecule has 2 aromatic rings. The maximum atomic E-state index is 12.9. The normalized spacial score (nSPS) is 21.9. The predicted octanol–water partition coefficient (Wildman–Crippen LogP) is 1.72. The second-order valence-electron chi connectivity index (χ2n) is 5.63. The molecule has 6 nitrogen and oxygen atoms in total. The summed E-state index contributed by atoms with van der Waals surface area (Å²) in [5.74, 6) is -0.413. The molecule has 3 rings (SSSR count). The monoisotopic (exact) mass is 305 g/mol. The van der Waals surface area contributed by atoms with Gasteiger partial charge < -0.3 is 14.5 Å². The van der Waals surface area contributed by atoms with Crippen molar-refractivity contribution >= 4 is 5.91 Å². The van der Waals surface area contributed by atoms with Crippen molar-refractivity contribution in [2.24, 2.45) is 5.92 Å². The third kappa shape index (κ3) is 2.99. The lowest BCUT2D eigenvalue weighted by molar-refractivity contribution is 0.0328. The molecular formula is C15H16FN3O3. The Kier molecular flexibility index (Phi) is 3.89. The fourth-order valence-corrected chi connectivity index (χ4v) is 2.65. The Morgan fingerprint density at radius 3 is 2.77 bits per heavy atom. The van der Waals surface area contributed by atoms with E-state index in [0.29, 0.717) is 18.5 Å². The molecule has 1 aromatic heterocycles. The molecule has 0 unspecified atom stereocenters. The van der Waals surface area contributed by atoms with E-state index in [-0.39, 0.29) is 35.9 Å². The Hall–Kier alpha value is -2.28. The first-order chi connectivity index (χ1) is 10.5. The zero-order valence-corrected chi connectivity index (χ0v) is 12.1. The second-order valence-corrected chi connectivity index (χ2v) is 5.63. The van der Waals surface area contributed by atoms with Gasteiger partial charge >= 0.3 is 0 Å². The summed E-state index contributed by atoms with van der Waals surface area (Å²) in [7, 11) is 0. The first-order valence-electron chi connectivity index (χ1n) is 7.10. The minimum Gasteiger partial charge on any atom is -0.391 e. The Balaban J connectivity index is 1.78. The number of amides is 1. The quantitative estimate of drug-likeness (QED) is 0.914. The van der Waals surface area contributed by atoms with Gasteiger partial charge in [-0.2, -0.15) is 4.98 Å². The van der Waals surface area contributed by atoms with Crippen LogP contribution in [0.4, 0.5) is 4.39 Å². The van der Waals surface area contributed by atoms with Gasteiger partial charge in [-0.15, -0.1) is 0 Å². The molecule has 2 atom stereocenters. The first kappa shape index (κ1) is 14.6. The number of carbonyl (C=O) groups excluding carboxylic acids is 1. The molecule has 7 heteroatoms. The second kappa shape index (κ2) is 5.84. The number of benzene rings is 1. The van der Waals surface area contributed by atoms with Crippen molar-refractivity contribution in [2.45, 2.75) is 19.4 Å². The first-order valence-corrected chi connectivity index (χ1v) is 7.10. The maximum Gasteiger partial charge on any atom is 0.295 e. The van der Waals surface area contributed by atoms with E-state index in [0.717, 1.165) is 0 Å². The number of aliphatic hydroxyl groups excluding tert-OH is 1. The van der Waals surface area contributed by atoms with Crippen molar-refractivity contribution in [1.82, 2.24) is 15.0 Å². The SMILES string of the molecule is C[C@@H]1C[C@H](O)CN(C(=O)c2noc(-c3ccc(F)cc3)n2)C1. The van der Waals surface area contributed by atoms with Gasteiger partial charge in [-0.1, -0.05) is 12.1 Å². The lowest BCUT2D eigenvalue weighted by atomic mass is 9.98. The highest BCUT2D eigenvalue weighted by Crippen LogP contribution is 2.20. The zero-order valence-electron chi connectivity index (χ0n) is 12.1. The number of halogens is 1. The van der Waals surface area contributed by atoms with E-state index in [2.05, 4.69) is 10.1 Å². The number of hydrogen-bond acceptors (Lipinski definition) is 5. The average Bonchev–Trinajstić information content (AvgIpc) is 2.96. The highest BCUT2D eigenvalue weighted by Gasteiger charge is 2.29. The fourth-order valence-electron chi connectivity index (χ4n) is 2.65. The van der Waals surface area contributed by atoms with Gasteiger partial charge in [-0.05, 0) is 36.6 Å². The van der Waals surface area contributed by atoms with Gasteiger partial charge in [-0.3, -0.25) is 4.79 Å². The average molecular weight is 305 g/mol. The van der Waals surface area contributed by atoms with E-state index in [4.69, 9.17) is 4.52 Å². The number of aliphatic hydroxyl groups is 1. The van der Waals surface area contributed by atoms with Gasteiger partial charge in [-0.25, -0.2) is 4.39 Å². The molecule has 0 saturated carbocycles. The molecule has 2 heterocycles. The van der Waals surface area contributed by atoms with Crippen molar-refractivity contribution in [1.29, 1.82) is 0 Å². The summed E-state index contributed by atoms with van der Waals surface area (Å²) in [4.78, 5) is 17.9. The summed E-state index contributed by atoms with van der Waals surface area (Å²) in [6, 6.07) is 5.57. The number of likely N-dealkylation sites (tertiary alicyclic amines) is 1. The van der Waals surface area contributed by atoms with Crippen LogP contribution in [0.3, 0.4) is 0 Å². The van der Waals surface area contributed by atoms with E-state index >= 15 is 0 Å². The number of carbonyl (C=O) groups is 1. The number of β-amino-alcohol motifs (C(OH)–C–C–N with tert-alkyl or cyclic N) is 1. The van der Waals surface area contributed by atoms with Crippen LogP contribution in [0.2, 0.25) is 0 Å². The molecule has 1 fully saturated rings. The molecule has 1 N–H and O–H groups in total. The highest BCUT2D eigenvalue weighted by molar-refractivity contribution is 5.90. The third-order valence-corrected chi connectivity index (χ3v) is 3.63. The van der Waals surface area contributed by atoms with Crippen LogP contribution in [0, 0.1) is 11.7 Å². The number of nitrogens with zero attached hydrogens (tertiary/aromatic N) is 3. The molecule has 1 aliphatic heterocycles. The van der Waals surface area contributed by atoms with Crippen molar-refractivity contribution < 1.29 is 18.8 Å².